The molecule has 0 aromatic carbocycles. The number of rotatable bonds is 7. The Kier molecular flexibility index (Phi) is 7.30. The zero-order chi connectivity index (χ0) is 12.8. The molecular formula is C8H17O6PS. The van der Waals surface area contributed by atoms with Crippen molar-refractivity contribution in [2.75, 3.05) is 13.7 Å². The molecule has 0 rings (SSSR count). The highest BCUT2D eigenvalue weighted by Crippen LogP contribution is 2.36. The lowest BCUT2D eigenvalue weighted by Crippen LogP contribution is -2.35. The second kappa shape index (κ2) is 7.32. The quantitative estimate of drug-likeness (QED) is 0.517. The second-order valence-electron chi connectivity index (χ2n) is 3.12. The van der Waals surface area contributed by atoms with Crippen LogP contribution in [0.25, 0.3) is 0 Å². The van der Waals surface area contributed by atoms with Crippen molar-refractivity contribution in [1.29, 1.82) is 0 Å². The zero-order valence-corrected chi connectivity index (χ0v) is 11.2. The number of carbonyl (C=O) groups is 1. The molecule has 0 radical (unpaired) electrons. The largest absolute Gasteiger partial charge is 0.460 e. The molecule has 0 bridgehead atoms. The molecule has 0 fully saturated rings. The van der Waals surface area contributed by atoms with Gasteiger partial charge in [0, 0.05) is 14.0 Å². The molecular weight excluding hydrogens is 255 g/mol. The molecule has 0 saturated carbocycles. The van der Waals surface area contributed by atoms with E-state index in [4.69, 9.17) is 19.3 Å². The van der Waals surface area contributed by atoms with Crippen LogP contribution >= 0.6 is 6.72 Å². The highest BCUT2D eigenvalue weighted by Gasteiger charge is 2.24. The highest BCUT2D eigenvalue weighted by molar-refractivity contribution is 8.06. The summed E-state index contributed by atoms with van der Waals surface area (Å²) in [5.74, 6) is -0.429. The molecule has 16 heavy (non-hydrogen) atoms. The lowest BCUT2D eigenvalue weighted by molar-refractivity contribution is -0.155. The number of esters is 1. The monoisotopic (exact) mass is 272 g/mol. The maximum absolute atomic E-state index is 10.8. The van der Waals surface area contributed by atoms with Crippen LogP contribution in [0.2, 0.25) is 0 Å². The van der Waals surface area contributed by atoms with Gasteiger partial charge in [0.2, 0.25) is 0 Å². The van der Waals surface area contributed by atoms with E-state index in [1.165, 1.54) is 14.0 Å². The molecule has 0 saturated heterocycles. The fraction of sp³-hybridized carbons (Fsp3) is 0.875. The van der Waals surface area contributed by atoms with Gasteiger partial charge in [-0.3, -0.25) is 4.79 Å². The smallest absolute Gasteiger partial charge is 0.321 e. The normalized spacial score (nSPS) is 15.6. The third-order valence-corrected chi connectivity index (χ3v) is 2.65. The Labute approximate surface area is 99.8 Å². The molecule has 0 aromatic rings. The standard InChI is InChI=1S/C8H17O6PS/c1-4-7(14-6(2)9)8(12-3)5-13-15(10,11)16/h7-8H,4-5H2,1-3H3,(H2,10,11,16)/t7-,8-/m1/s1. The van der Waals surface area contributed by atoms with Crippen molar-refractivity contribution in [3.63, 3.8) is 0 Å². The van der Waals surface area contributed by atoms with E-state index in [1.807, 2.05) is 6.92 Å². The van der Waals surface area contributed by atoms with Gasteiger partial charge in [0.25, 0.3) is 0 Å². The van der Waals surface area contributed by atoms with Crippen LogP contribution in [0.1, 0.15) is 20.3 Å². The van der Waals surface area contributed by atoms with Crippen molar-refractivity contribution in [1.82, 2.24) is 0 Å². The lowest BCUT2D eigenvalue weighted by Gasteiger charge is -2.24. The average Bonchev–Trinajstić information content (AvgIpc) is 2.14. The summed E-state index contributed by atoms with van der Waals surface area (Å²) in [6.07, 6.45) is -0.541. The Balaban J connectivity index is 4.32. The van der Waals surface area contributed by atoms with Gasteiger partial charge < -0.3 is 23.8 Å². The number of carbonyl (C=O) groups excluding carboxylic acids is 1. The molecule has 0 spiro atoms. The van der Waals surface area contributed by atoms with Gasteiger partial charge in [-0.05, 0) is 18.2 Å². The Morgan fingerprint density at radius 1 is 1.44 bits per heavy atom. The van der Waals surface area contributed by atoms with E-state index in [2.05, 4.69) is 16.3 Å². The van der Waals surface area contributed by atoms with Crippen LogP contribution < -0.4 is 0 Å². The predicted molar refractivity (Wildman–Crippen MR) is 61.3 cm³/mol. The molecule has 96 valence electrons. The van der Waals surface area contributed by atoms with Crippen LogP contribution in [0.15, 0.2) is 0 Å². The molecule has 0 amide bonds. The fourth-order valence-corrected chi connectivity index (χ4v) is 1.66. The van der Waals surface area contributed by atoms with Crippen molar-refractivity contribution in [2.24, 2.45) is 0 Å². The maximum atomic E-state index is 10.8. The van der Waals surface area contributed by atoms with Gasteiger partial charge in [-0.1, -0.05) is 6.92 Å². The minimum atomic E-state index is -3.70. The molecule has 6 nitrogen and oxygen atoms in total. The number of hydrogen-bond donors (Lipinski definition) is 2. The molecule has 0 unspecified atom stereocenters. The topological polar surface area (TPSA) is 85.2 Å². The van der Waals surface area contributed by atoms with Gasteiger partial charge in [-0.2, -0.15) is 0 Å². The first-order chi connectivity index (χ1) is 7.30. The zero-order valence-electron chi connectivity index (χ0n) is 9.45. The van der Waals surface area contributed by atoms with E-state index >= 15 is 0 Å². The molecule has 8 heteroatoms. The number of hydrogen-bond acceptors (Lipinski definition) is 5. The Morgan fingerprint density at radius 3 is 2.31 bits per heavy atom. The van der Waals surface area contributed by atoms with Gasteiger partial charge in [0.05, 0.1) is 6.61 Å². The van der Waals surface area contributed by atoms with Crippen LogP contribution in [0.4, 0.5) is 0 Å². The van der Waals surface area contributed by atoms with Crippen molar-refractivity contribution < 1.29 is 28.6 Å². The van der Waals surface area contributed by atoms with Crippen molar-refractivity contribution >= 4 is 24.5 Å². The Bertz CT molecular complexity index is 265. The Hall–Kier alpha value is -0.0400. The minimum Gasteiger partial charge on any atom is -0.460 e. The van der Waals surface area contributed by atoms with E-state index in [0.29, 0.717) is 6.42 Å². The van der Waals surface area contributed by atoms with Crippen LogP contribution in [0.5, 0.6) is 0 Å². The van der Waals surface area contributed by atoms with E-state index in [0.717, 1.165) is 0 Å². The third kappa shape index (κ3) is 7.27. The first-order valence-electron chi connectivity index (χ1n) is 4.70. The summed E-state index contributed by atoms with van der Waals surface area (Å²) in [6, 6.07) is 0. The summed E-state index contributed by atoms with van der Waals surface area (Å²) in [5.41, 5.74) is 0. The van der Waals surface area contributed by atoms with Gasteiger partial charge >= 0.3 is 12.7 Å². The van der Waals surface area contributed by atoms with Crippen molar-refractivity contribution in [3.05, 3.63) is 0 Å². The van der Waals surface area contributed by atoms with Crippen molar-refractivity contribution in [3.8, 4) is 0 Å². The second-order valence-corrected chi connectivity index (χ2v) is 5.78. The van der Waals surface area contributed by atoms with Gasteiger partial charge in [-0.25, -0.2) is 0 Å². The molecule has 0 aliphatic rings. The van der Waals surface area contributed by atoms with Gasteiger partial charge in [-0.15, -0.1) is 0 Å². The van der Waals surface area contributed by atoms with E-state index in [1.54, 1.807) is 0 Å². The summed E-state index contributed by atoms with van der Waals surface area (Å²) in [5, 5.41) is 0. The number of methoxy groups -OCH3 is 1. The molecule has 0 heterocycles. The molecule has 0 aliphatic heterocycles. The summed E-state index contributed by atoms with van der Waals surface area (Å²) in [4.78, 5) is 28.6. The van der Waals surface area contributed by atoms with Crippen LogP contribution in [-0.4, -0.2) is 41.7 Å². The Morgan fingerprint density at radius 2 is 2.00 bits per heavy atom. The first-order valence-corrected chi connectivity index (χ1v) is 7.32. The third-order valence-electron chi connectivity index (χ3n) is 1.84. The summed E-state index contributed by atoms with van der Waals surface area (Å²) < 4.78 is 14.7. The van der Waals surface area contributed by atoms with Gasteiger partial charge in [0.15, 0.2) is 0 Å². The SMILES string of the molecule is CC[C@@H](OC(C)=O)[C@@H](COP(O)(O)=S)OC. The minimum absolute atomic E-state index is 0.132. The summed E-state index contributed by atoms with van der Waals surface area (Å²) in [6.45, 7) is -0.733. The molecule has 2 atom stereocenters. The van der Waals surface area contributed by atoms with Crippen LogP contribution in [0, 0.1) is 0 Å². The predicted octanol–water partition coefficient (Wildman–Crippen LogP) is 0.569. The highest BCUT2D eigenvalue weighted by atomic mass is 32.5. The van der Waals surface area contributed by atoms with Gasteiger partial charge in [0.1, 0.15) is 12.2 Å². The molecule has 2 N–H and O–H groups in total. The average molecular weight is 272 g/mol. The van der Waals surface area contributed by atoms with E-state index in [-0.39, 0.29) is 6.61 Å². The fourth-order valence-electron chi connectivity index (χ4n) is 1.13. The summed E-state index contributed by atoms with van der Waals surface area (Å²) >= 11 is 4.30. The van der Waals surface area contributed by atoms with E-state index < -0.39 is 24.9 Å². The number of ether oxygens (including phenoxy) is 2. The maximum Gasteiger partial charge on any atom is 0.321 e. The lowest BCUT2D eigenvalue weighted by atomic mass is 10.1. The van der Waals surface area contributed by atoms with Crippen LogP contribution in [0.3, 0.4) is 0 Å². The van der Waals surface area contributed by atoms with E-state index in [9.17, 15) is 4.79 Å². The van der Waals surface area contributed by atoms with Crippen LogP contribution in [-0.2, 0) is 30.6 Å². The van der Waals surface area contributed by atoms with Crippen molar-refractivity contribution in [2.45, 2.75) is 32.5 Å². The first kappa shape index (κ1) is 16.0. The molecule has 0 aromatic heterocycles. The summed E-state index contributed by atoms with van der Waals surface area (Å²) in [7, 11) is 1.42. The molecule has 0 aliphatic carbocycles.